The first-order chi connectivity index (χ1) is 12.7. The van der Waals surface area contributed by atoms with E-state index in [1.807, 2.05) is 36.4 Å². The maximum absolute atomic E-state index is 10.5. The predicted molar refractivity (Wildman–Crippen MR) is 98.8 cm³/mol. The number of ether oxygens (including phenoxy) is 2. The summed E-state index contributed by atoms with van der Waals surface area (Å²) in [5, 5.41) is 21.0. The van der Waals surface area contributed by atoms with Gasteiger partial charge in [-0.25, -0.2) is 0 Å². The van der Waals surface area contributed by atoms with E-state index in [4.69, 9.17) is 9.47 Å². The molecule has 1 aliphatic carbocycles. The molecule has 2 N–H and O–H groups in total. The highest BCUT2D eigenvalue weighted by Crippen LogP contribution is 2.59. The SMILES string of the molecule is OCC1(CO)[C@@H](c2ccccc2)CC2(C[C@@H]1c1ccccc1)OCCO2. The first kappa shape index (κ1) is 17.7. The molecule has 0 unspecified atom stereocenters. The fourth-order valence-corrected chi connectivity index (χ4v) is 4.85. The molecule has 2 atom stereocenters. The van der Waals surface area contributed by atoms with Crippen LogP contribution in [-0.2, 0) is 9.47 Å². The highest BCUT2D eigenvalue weighted by atomic mass is 16.7. The summed E-state index contributed by atoms with van der Waals surface area (Å²) in [6, 6.07) is 20.3. The van der Waals surface area contributed by atoms with Crippen LogP contribution < -0.4 is 0 Å². The lowest BCUT2D eigenvalue weighted by Gasteiger charge is -2.53. The van der Waals surface area contributed by atoms with Gasteiger partial charge >= 0.3 is 0 Å². The minimum absolute atomic E-state index is 0.0595. The Labute approximate surface area is 154 Å². The molecule has 26 heavy (non-hydrogen) atoms. The van der Waals surface area contributed by atoms with Crippen LogP contribution in [0.2, 0.25) is 0 Å². The van der Waals surface area contributed by atoms with Gasteiger partial charge in [0.2, 0.25) is 0 Å². The maximum Gasteiger partial charge on any atom is 0.169 e. The van der Waals surface area contributed by atoms with E-state index in [0.29, 0.717) is 26.1 Å². The maximum atomic E-state index is 10.5. The number of aliphatic hydroxyl groups excluding tert-OH is 2. The lowest BCUT2D eigenvalue weighted by molar-refractivity contribution is -0.212. The predicted octanol–water partition coefficient (Wildman–Crippen LogP) is 3.06. The van der Waals surface area contributed by atoms with Crippen molar-refractivity contribution in [1.29, 1.82) is 0 Å². The van der Waals surface area contributed by atoms with Gasteiger partial charge in [0.15, 0.2) is 5.79 Å². The van der Waals surface area contributed by atoms with Crippen LogP contribution in [0.25, 0.3) is 0 Å². The molecule has 1 spiro atoms. The van der Waals surface area contributed by atoms with Crippen molar-refractivity contribution in [3.05, 3.63) is 71.8 Å². The van der Waals surface area contributed by atoms with Gasteiger partial charge in [0.05, 0.1) is 26.4 Å². The average Bonchev–Trinajstić information content (AvgIpc) is 3.17. The van der Waals surface area contributed by atoms with Gasteiger partial charge in [-0.3, -0.25) is 0 Å². The van der Waals surface area contributed by atoms with Crippen molar-refractivity contribution in [3.63, 3.8) is 0 Å². The highest BCUT2D eigenvalue weighted by molar-refractivity contribution is 5.32. The Morgan fingerprint density at radius 2 is 1.15 bits per heavy atom. The fourth-order valence-electron chi connectivity index (χ4n) is 4.85. The van der Waals surface area contributed by atoms with E-state index in [9.17, 15) is 10.2 Å². The molecule has 1 saturated heterocycles. The zero-order chi connectivity index (χ0) is 18.0. The Hall–Kier alpha value is -1.72. The highest BCUT2D eigenvalue weighted by Gasteiger charge is 2.57. The molecule has 2 fully saturated rings. The molecule has 0 amide bonds. The molecule has 4 nitrogen and oxygen atoms in total. The van der Waals surface area contributed by atoms with E-state index in [2.05, 4.69) is 24.3 Å². The molecule has 1 heterocycles. The number of benzene rings is 2. The van der Waals surface area contributed by atoms with Crippen molar-refractivity contribution in [2.24, 2.45) is 5.41 Å². The Morgan fingerprint density at radius 1 is 0.731 bits per heavy atom. The number of hydrogen-bond donors (Lipinski definition) is 2. The van der Waals surface area contributed by atoms with E-state index in [0.717, 1.165) is 11.1 Å². The summed E-state index contributed by atoms with van der Waals surface area (Å²) in [4.78, 5) is 0. The molecule has 1 saturated carbocycles. The zero-order valence-corrected chi connectivity index (χ0v) is 14.9. The first-order valence-corrected chi connectivity index (χ1v) is 9.32. The average molecular weight is 354 g/mol. The van der Waals surface area contributed by atoms with Crippen LogP contribution in [0.3, 0.4) is 0 Å². The van der Waals surface area contributed by atoms with Crippen LogP contribution in [0.4, 0.5) is 0 Å². The lowest BCUT2D eigenvalue weighted by Crippen LogP contribution is -2.53. The van der Waals surface area contributed by atoms with Gasteiger partial charge in [0, 0.05) is 18.3 Å². The Kier molecular flexibility index (Phi) is 4.84. The van der Waals surface area contributed by atoms with Gasteiger partial charge < -0.3 is 19.7 Å². The Bertz CT molecular complexity index is 652. The fraction of sp³-hybridized carbons (Fsp3) is 0.455. The summed E-state index contributed by atoms with van der Waals surface area (Å²) >= 11 is 0. The summed E-state index contributed by atoms with van der Waals surface area (Å²) in [6.45, 7) is 1.01. The number of rotatable bonds is 4. The quantitative estimate of drug-likeness (QED) is 0.886. The molecule has 4 rings (SSSR count). The zero-order valence-electron chi connectivity index (χ0n) is 14.9. The molecule has 0 bridgehead atoms. The summed E-state index contributed by atoms with van der Waals surface area (Å²) < 4.78 is 12.2. The Balaban J connectivity index is 1.84. The van der Waals surface area contributed by atoms with Gasteiger partial charge in [-0.2, -0.15) is 0 Å². The second-order valence-corrected chi connectivity index (χ2v) is 7.49. The second kappa shape index (κ2) is 7.12. The Morgan fingerprint density at radius 3 is 1.54 bits per heavy atom. The summed E-state index contributed by atoms with van der Waals surface area (Å²) in [5.74, 6) is -0.763. The van der Waals surface area contributed by atoms with Crippen LogP contribution >= 0.6 is 0 Å². The molecular formula is C22H26O4. The van der Waals surface area contributed by atoms with Crippen LogP contribution in [0.15, 0.2) is 60.7 Å². The number of aliphatic hydroxyl groups is 2. The minimum atomic E-state index is -0.663. The van der Waals surface area contributed by atoms with E-state index < -0.39 is 11.2 Å². The largest absolute Gasteiger partial charge is 0.396 e. The van der Waals surface area contributed by atoms with Gasteiger partial charge in [-0.05, 0) is 23.0 Å². The van der Waals surface area contributed by atoms with Gasteiger partial charge in [-0.15, -0.1) is 0 Å². The molecule has 4 heteroatoms. The van der Waals surface area contributed by atoms with E-state index in [1.165, 1.54) is 0 Å². The lowest BCUT2D eigenvalue weighted by atomic mass is 9.55. The topological polar surface area (TPSA) is 58.9 Å². The summed E-state index contributed by atoms with van der Waals surface area (Å²) in [7, 11) is 0. The van der Waals surface area contributed by atoms with Crippen LogP contribution in [0.5, 0.6) is 0 Å². The van der Waals surface area contributed by atoms with Gasteiger partial charge in [-0.1, -0.05) is 60.7 Å². The molecule has 0 radical (unpaired) electrons. The van der Waals surface area contributed by atoms with Crippen molar-refractivity contribution in [2.75, 3.05) is 26.4 Å². The van der Waals surface area contributed by atoms with Crippen molar-refractivity contribution in [1.82, 2.24) is 0 Å². The summed E-state index contributed by atoms with van der Waals surface area (Å²) in [6.07, 6.45) is 1.28. The van der Waals surface area contributed by atoms with E-state index in [-0.39, 0.29) is 25.0 Å². The molecule has 2 aromatic carbocycles. The van der Waals surface area contributed by atoms with Gasteiger partial charge in [0.1, 0.15) is 0 Å². The molecule has 1 aliphatic heterocycles. The van der Waals surface area contributed by atoms with Gasteiger partial charge in [0.25, 0.3) is 0 Å². The molecule has 0 aromatic heterocycles. The van der Waals surface area contributed by atoms with Crippen molar-refractivity contribution < 1.29 is 19.7 Å². The minimum Gasteiger partial charge on any atom is -0.396 e. The monoisotopic (exact) mass is 354 g/mol. The summed E-state index contributed by atoms with van der Waals surface area (Å²) in [5.41, 5.74) is 1.55. The third kappa shape index (κ3) is 2.87. The first-order valence-electron chi connectivity index (χ1n) is 9.32. The van der Waals surface area contributed by atoms with E-state index >= 15 is 0 Å². The normalized spacial score (nSPS) is 26.8. The van der Waals surface area contributed by atoms with Crippen molar-refractivity contribution >= 4 is 0 Å². The van der Waals surface area contributed by atoms with Crippen LogP contribution in [0.1, 0.15) is 35.8 Å². The third-order valence-electron chi connectivity index (χ3n) is 6.22. The smallest absolute Gasteiger partial charge is 0.169 e. The molecular weight excluding hydrogens is 328 g/mol. The van der Waals surface area contributed by atoms with Crippen molar-refractivity contribution in [3.8, 4) is 0 Å². The number of hydrogen-bond acceptors (Lipinski definition) is 4. The standard InChI is InChI=1S/C22H26O4/c23-15-21(16-24)19(17-7-3-1-4-8-17)13-22(25-11-12-26-22)14-20(21)18-9-5-2-6-10-18/h1-10,19-20,23-24H,11-16H2/t19-,20-/m1/s1. The van der Waals surface area contributed by atoms with Crippen LogP contribution in [0, 0.1) is 5.41 Å². The molecule has 2 aliphatic rings. The van der Waals surface area contributed by atoms with E-state index in [1.54, 1.807) is 0 Å². The molecule has 138 valence electrons. The second-order valence-electron chi connectivity index (χ2n) is 7.49. The third-order valence-corrected chi connectivity index (χ3v) is 6.22. The van der Waals surface area contributed by atoms with Crippen molar-refractivity contribution in [2.45, 2.75) is 30.5 Å². The van der Waals surface area contributed by atoms with Crippen LogP contribution in [-0.4, -0.2) is 42.4 Å². The molecule has 2 aromatic rings.